The highest BCUT2D eigenvalue weighted by Crippen LogP contribution is 2.28. The normalized spacial score (nSPS) is 14.4. The van der Waals surface area contributed by atoms with Crippen LogP contribution < -0.4 is 15.8 Å². The van der Waals surface area contributed by atoms with E-state index in [0.29, 0.717) is 21.1 Å². The molecule has 1 amide bonds. The maximum Gasteiger partial charge on any atom is 0.273 e. The molecule has 1 aliphatic heterocycles. The Bertz CT molecular complexity index is 1070. The Hall–Kier alpha value is -2.45. The number of hydrogen-bond acceptors (Lipinski definition) is 6. The second kappa shape index (κ2) is 7.89. The monoisotopic (exact) mass is 417 g/mol. The zero-order valence-electron chi connectivity index (χ0n) is 15.4. The Morgan fingerprint density at radius 2 is 2.07 bits per heavy atom. The van der Waals surface area contributed by atoms with Gasteiger partial charge in [-0.3, -0.25) is 14.2 Å². The minimum absolute atomic E-state index is 0.136. The zero-order chi connectivity index (χ0) is 19.7. The van der Waals surface area contributed by atoms with Crippen molar-refractivity contribution in [3.8, 4) is 0 Å². The third-order valence-corrected chi connectivity index (χ3v) is 6.21. The number of amides is 1. The summed E-state index contributed by atoms with van der Waals surface area (Å²) >= 11 is 7.50. The molecule has 0 unspecified atom stereocenters. The summed E-state index contributed by atoms with van der Waals surface area (Å²) in [6.07, 6.45) is 4.88. The van der Waals surface area contributed by atoms with Crippen LogP contribution in [-0.2, 0) is 11.3 Å². The number of fused-ring (bicyclic) bond motifs is 1. The Morgan fingerprint density at radius 1 is 1.29 bits per heavy atom. The first-order chi connectivity index (χ1) is 13.5. The highest BCUT2D eigenvalue weighted by molar-refractivity contribution is 7.22. The maximum absolute atomic E-state index is 12.8. The first-order valence-electron chi connectivity index (χ1n) is 9.19. The van der Waals surface area contributed by atoms with Crippen molar-refractivity contribution in [3.05, 3.63) is 45.5 Å². The molecule has 0 aliphatic carbocycles. The Kier molecular flexibility index (Phi) is 5.32. The van der Waals surface area contributed by atoms with E-state index in [-0.39, 0.29) is 18.0 Å². The fourth-order valence-corrected chi connectivity index (χ4v) is 4.58. The average molecular weight is 418 g/mol. The van der Waals surface area contributed by atoms with Crippen LogP contribution in [0.15, 0.2) is 29.3 Å². The number of aromatic nitrogens is 3. The number of piperidine rings is 1. The quantitative estimate of drug-likeness (QED) is 0.703. The summed E-state index contributed by atoms with van der Waals surface area (Å²) < 4.78 is 1.78. The summed E-state index contributed by atoms with van der Waals surface area (Å²) in [6, 6.07) is 5.39. The summed E-state index contributed by atoms with van der Waals surface area (Å²) in [5.41, 5.74) is 1.60. The van der Waals surface area contributed by atoms with Crippen LogP contribution in [0.5, 0.6) is 0 Å². The molecule has 0 bridgehead atoms. The molecule has 1 aromatic carbocycles. The van der Waals surface area contributed by atoms with Crippen molar-refractivity contribution >= 4 is 50.0 Å². The van der Waals surface area contributed by atoms with E-state index in [1.807, 2.05) is 19.1 Å². The van der Waals surface area contributed by atoms with Crippen LogP contribution in [-0.4, -0.2) is 33.5 Å². The molecular formula is C19H20ClN5O2S. The van der Waals surface area contributed by atoms with Crippen molar-refractivity contribution in [1.29, 1.82) is 0 Å². The number of rotatable bonds is 4. The minimum atomic E-state index is -0.333. The van der Waals surface area contributed by atoms with Crippen molar-refractivity contribution in [2.75, 3.05) is 23.3 Å². The minimum Gasteiger partial charge on any atom is -0.348 e. The van der Waals surface area contributed by atoms with E-state index in [1.54, 1.807) is 6.07 Å². The standard InChI is InChI=1S/C19H20ClN5O2S/c1-12-6-5-7-13(20)15(12)22-14(26)10-25-11-21-17-16(18(25)27)28-19(23-17)24-8-3-2-4-9-24/h5-7,11H,2-4,8-10H2,1H3,(H,22,26). The van der Waals surface area contributed by atoms with Gasteiger partial charge in [-0.05, 0) is 37.8 Å². The first kappa shape index (κ1) is 18.9. The van der Waals surface area contributed by atoms with Gasteiger partial charge in [0.05, 0.1) is 10.7 Å². The molecule has 2 aromatic heterocycles. The second-order valence-corrected chi connectivity index (χ2v) is 8.24. The predicted octanol–water partition coefficient (Wildman–Crippen LogP) is 3.44. The van der Waals surface area contributed by atoms with Gasteiger partial charge in [-0.25, -0.2) is 4.98 Å². The number of carbonyl (C=O) groups excluding carboxylic acids is 1. The number of halogens is 1. The van der Waals surface area contributed by atoms with Gasteiger partial charge >= 0.3 is 0 Å². The van der Waals surface area contributed by atoms with Gasteiger partial charge in [0.25, 0.3) is 5.56 Å². The summed E-state index contributed by atoms with van der Waals surface area (Å²) in [5, 5.41) is 4.07. The number of hydrogen-bond donors (Lipinski definition) is 1. The summed E-state index contributed by atoms with van der Waals surface area (Å²) in [7, 11) is 0. The molecule has 1 saturated heterocycles. The predicted molar refractivity (Wildman–Crippen MR) is 113 cm³/mol. The van der Waals surface area contributed by atoms with Crippen molar-refractivity contribution in [1.82, 2.24) is 14.5 Å². The first-order valence-corrected chi connectivity index (χ1v) is 10.4. The van der Waals surface area contributed by atoms with Gasteiger partial charge in [-0.1, -0.05) is 35.1 Å². The molecule has 146 valence electrons. The number of nitrogens with one attached hydrogen (secondary N) is 1. The van der Waals surface area contributed by atoms with E-state index >= 15 is 0 Å². The van der Waals surface area contributed by atoms with E-state index in [1.165, 1.54) is 28.7 Å². The van der Waals surface area contributed by atoms with Gasteiger partial charge in [0.2, 0.25) is 5.91 Å². The molecule has 1 aliphatic rings. The summed E-state index contributed by atoms with van der Waals surface area (Å²) in [4.78, 5) is 36.3. The number of para-hydroxylation sites is 1. The van der Waals surface area contributed by atoms with Crippen LogP contribution in [0.4, 0.5) is 10.8 Å². The molecule has 1 N–H and O–H groups in total. The van der Waals surface area contributed by atoms with E-state index in [4.69, 9.17) is 11.6 Å². The highest BCUT2D eigenvalue weighted by Gasteiger charge is 2.18. The van der Waals surface area contributed by atoms with Gasteiger partial charge in [-0.2, -0.15) is 4.98 Å². The molecule has 9 heteroatoms. The molecule has 3 heterocycles. The third-order valence-electron chi connectivity index (χ3n) is 4.80. The van der Waals surface area contributed by atoms with Gasteiger partial charge in [-0.15, -0.1) is 0 Å². The van der Waals surface area contributed by atoms with Gasteiger partial charge in [0.1, 0.15) is 17.6 Å². The Balaban J connectivity index is 1.56. The van der Waals surface area contributed by atoms with E-state index in [9.17, 15) is 9.59 Å². The number of benzene rings is 1. The number of anilines is 2. The Morgan fingerprint density at radius 3 is 2.82 bits per heavy atom. The molecule has 0 radical (unpaired) electrons. The molecule has 0 atom stereocenters. The molecule has 0 spiro atoms. The molecule has 7 nitrogen and oxygen atoms in total. The molecule has 3 aromatic rings. The number of nitrogens with zero attached hydrogens (tertiary/aromatic N) is 4. The topological polar surface area (TPSA) is 80.1 Å². The molecule has 1 fully saturated rings. The largest absolute Gasteiger partial charge is 0.348 e. The maximum atomic E-state index is 12.8. The van der Waals surface area contributed by atoms with Crippen LogP contribution in [0.3, 0.4) is 0 Å². The van der Waals surface area contributed by atoms with Crippen LogP contribution in [0.2, 0.25) is 5.02 Å². The van der Waals surface area contributed by atoms with Crippen molar-refractivity contribution in [2.45, 2.75) is 32.7 Å². The number of carbonyl (C=O) groups is 1. The number of aryl methyl sites for hydroxylation is 1. The van der Waals surface area contributed by atoms with Crippen LogP contribution in [0.25, 0.3) is 10.3 Å². The molecule has 4 rings (SSSR count). The average Bonchev–Trinajstić information content (AvgIpc) is 3.13. The van der Waals surface area contributed by atoms with Crippen LogP contribution in [0, 0.1) is 6.92 Å². The van der Waals surface area contributed by atoms with Crippen molar-refractivity contribution in [2.24, 2.45) is 0 Å². The second-order valence-electron chi connectivity index (χ2n) is 6.85. The fourth-order valence-electron chi connectivity index (χ4n) is 3.29. The smallest absolute Gasteiger partial charge is 0.273 e. The van der Waals surface area contributed by atoms with Gasteiger partial charge in [0, 0.05) is 13.1 Å². The lowest BCUT2D eigenvalue weighted by molar-refractivity contribution is -0.116. The highest BCUT2D eigenvalue weighted by atomic mass is 35.5. The van der Waals surface area contributed by atoms with Crippen LogP contribution in [0.1, 0.15) is 24.8 Å². The van der Waals surface area contributed by atoms with E-state index in [0.717, 1.165) is 36.6 Å². The summed E-state index contributed by atoms with van der Waals surface area (Å²) in [6.45, 7) is 3.63. The molecular weight excluding hydrogens is 398 g/mol. The number of thiazole rings is 1. The van der Waals surface area contributed by atoms with Gasteiger partial charge in [0.15, 0.2) is 10.8 Å². The SMILES string of the molecule is Cc1cccc(Cl)c1NC(=O)Cn1cnc2nc(N3CCCCC3)sc2c1=O. The molecule has 28 heavy (non-hydrogen) atoms. The third kappa shape index (κ3) is 3.74. The van der Waals surface area contributed by atoms with E-state index in [2.05, 4.69) is 20.2 Å². The fraction of sp³-hybridized carbons (Fsp3) is 0.368. The Labute approximate surface area is 171 Å². The summed E-state index contributed by atoms with van der Waals surface area (Å²) in [5.74, 6) is -0.333. The lowest BCUT2D eigenvalue weighted by Gasteiger charge is -2.25. The van der Waals surface area contributed by atoms with Crippen LogP contribution >= 0.6 is 22.9 Å². The lowest BCUT2D eigenvalue weighted by Crippen LogP contribution is -2.29. The zero-order valence-corrected chi connectivity index (χ0v) is 17.0. The van der Waals surface area contributed by atoms with E-state index < -0.39 is 0 Å². The molecule has 0 saturated carbocycles. The lowest BCUT2D eigenvalue weighted by atomic mass is 10.1. The van der Waals surface area contributed by atoms with Gasteiger partial charge < -0.3 is 10.2 Å². The van der Waals surface area contributed by atoms with Crippen molar-refractivity contribution < 1.29 is 4.79 Å². The van der Waals surface area contributed by atoms with Crippen molar-refractivity contribution in [3.63, 3.8) is 0 Å².